The highest BCUT2D eigenvalue weighted by Gasteiger charge is 2.33. The summed E-state index contributed by atoms with van der Waals surface area (Å²) in [5.41, 5.74) is 0.110. The first-order valence-corrected chi connectivity index (χ1v) is 13.0. The number of ether oxygens (including phenoxy) is 1. The van der Waals surface area contributed by atoms with E-state index in [0.29, 0.717) is 22.8 Å². The summed E-state index contributed by atoms with van der Waals surface area (Å²) in [5.74, 6) is -0.910. The summed E-state index contributed by atoms with van der Waals surface area (Å²) < 4.78 is 46.2. The minimum atomic E-state index is -3.48. The van der Waals surface area contributed by atoms with Gasteiger partial charge in [-0.3, -0.25) is 14.5 Å². The number of sulfonamides is 1. The molecule has 2 heterocycles. The highest BCUT2D eigenvalue weighted by molar-refractivity contribution is 7.92. The van der Waals surface area contributed by atoms with Gasteiger partial charge in [0, 0.05) is 10.9 Å². The molecule has 3 rings (SSSR count). The number of amides is 1. The minimum absolute atomic E-state index is 0.00786. The van der Waals surface area contributed by atoms with Gasteiger partial charge in [-0.25, -0.2) is 22.8 Å². The molecule has 1 aromatic carbocycles. The molecule has 0 atom stereocenters. The summed E-state index contributed by atoms with van der Waals surface area (Å²) in [5, 5.41) is 4.34. The number of nitrogens with one attached hydrogen (secondary N) is 2. The first-order valence-electron chi connectivity index (χ1n) is 10.5. The summed E-state index contributed by atoms with van der Waals surface area (Å²) >= 11 is 1.07. The highest BCUT2D eigenvalue weighted by Crippen LogP contribution is 2.30. The van der Waals surface area contributed by atoms with Gasteiger partial charge in [0.1, 0.15) is 5.82 Å². The van der Waals surface area contributed by atoms with Gasteiger partial charge in [-0.05, 0) is 46.8 Å². The summed E-state index contributed by atoms with van der Waals surface area (Å²) in [6.07, 6.45) is 2.90. The van der Waals surface area contributed by atoms with Crippen molar-refractivity contribution < 1.29 is 22.3 Å². The van der Waals surface area contributed by atoms with Crippen LogP contribution in [-0.4, -0.2) is 41.1 Å². The molecule has 2 N–H and O–H groups in total. The quantitative estimate of drug-likeness (QED) is 0.445. The van der Waals surface area contributed by atoms with Crippen molar-refractivity contribution >= 4 is 38.1 Å². The van der Waals surface area contributed by atoms with Crippen LogP contribution in [0.15, 0.2) is 36.0 Å². The van der Waals surface area contributed by atoms with Crippen molar-refractivity contribution in [2.45, 2.75) is 46.1 Å². The summed E-state index contributed by atoms with van der Waals surface area (Å²) in [4.78, 5) is 25.6. The number of aromatic nitrogens is 3. The third-order valence-corrected chi connectivity index (χ3v) is 6.97. The number of hydrogen-bond donors (Lipinski definition) is 2. The maximum atomic E-state index is 14.8. The van der Waals surface area contributed by atoms with Crippen LogP contribution in [0.3, 0.4) is 0 Å². The van der Waals surface area contributed by atoms with E-state index in [0.717, 1.165) is 11.3 Å². The monoisotopic (exact) mass is 507 g/mol. The Balaban J connectivity index is 1.77. The fraction of sp³-hybridized carbons (Fsp3) is 0.364. The van der Waals surface area contributed by atoms with Gasteiger partial charge >= 0.3 is 0 Å². The zero-order valence-corrected chi connectivity index (χ0v) is 21.1. The predicted molar refractivity (Wildman–Crippen MR) is 130 cm³/mol. The Hall–Kier alpha value is -3.12. The third kappa shape index (κ3) is 6.06. The molecule has 2 aromatic heterocycles. The molecule has 1 amide bonds. The molecule has 0 saturated carbocycles. The number of benzene rings is 1. The Morgan fingerprint density at radius 2 is 1.97 bits per heavy atom. The van der Waals surface area contributed by atoms with Crippen molar-refractivity contribution in [3.8, 4) is 17.1 Å². The number of thiazole rings is 1. The third-order valence-electron chi connectivity index (χ3n) is 4.82. The predicted octanol–water partition coefficient (Wildman–Crippen LogP) is 4.20. The van der Waals surface area contributed by atoms with Gasteiger partial charge in [0.05, 0.1) is 46.7 Å². The molecule has 182 valence electrons. The molecule has 0 fully saturated rings. The van der Waals surface area contributed by atoms with Gasteiger partial charge in [-0.2, -0.15) is 0 Å². The van der Waals surface area contributed by atoms with E-state index in [1.165, 1.54) is 31.5 Å². The van der Waals surface area contributed by atoms with Crippen molar-refractivity contribution in [3.63, 3.8) is 0 Å². The van der Waals surface area contributed by atoms with Crippen molar-refractivity contribution in [1.29, 1.82) is 0 Å². The number of rotatable bonds is 9. The Bertz CT molecular complexity index is 1290. The lowest BCUT2D eigenvalue weighted by Crippen LogP contribution is -2.35. The van der Waals surface area contributed by atoms with Crippen LogP contribution >= 0.6 is 11.3 Å². The van der Waals surface area contributed by atoms with Crippen LogP contribution in [0.1, 0.15) is 40.3 Å². The lowest BCUT2D eigenvalue weighted by molar-refractivity contribution is -0.120. The number of carbonyl (C=O) groups is 1. The van der Waals surface area contributed by atoms with Crippen LogP contribution in [0.5, 0.6) is 5.88 Å². The van der Waals surface area contributed by atoms with E-state index < -0.39 is 27.2 Å². The topological polar surface area (TPSA) is 123 Å². The SMILES string of the molecule is CCS(=O)(=O)Nc1nc(C(C)(C)C(=O)Nc2ccc(-c3cncc(OC(C)C)n3)cc2F)cs1. The first kappa shape index (κ1) is 25.5. The summed E-state index contributed by atoms with van der Waals surface area (Å²) in [6, 6.07) is 4.32. The van der Waals surface area contributed by atoms with E-state index in [4.69, 9.17) is 4.74 Å². The average Bonchev–Trinajstić information content (AvgIpc) is 3.23. The lowest BCUT2D eigenvalue weighted by Gasteiger charge is -2.22. The second kappa shape index (κ2) is 10.0. The van der Waals surface area contributed by atoms with E-state index >= 15 is 0 Å². The second-order valence-electron chi connectivity index (χ2n) is 8.23. The van der Waals surface area contributed by atoms with E-state index in [1.807, 2.05) is 13.8 Å². The molecule has 34 heavy (non-hydrogen) atoms. The van der Waals surface area contributed by atoms with Crippen molar-refractivity contribution in [2.24, 2.45) is 0 Å². The maximum absolute atomic E-state index is 14.8. The van der Waals surface area contributed by atoms with Gasteiger partial charge < -0.3 is 10.1 Å². The van der Waals surface area contributed by atoms with E-state index in [-0.39, 0.29) is 22.7 Å². The highest BCUT2D eigenvalue weighted by atomic mass is 32.2. The van der Waals surface area contributed by atoms with Gasteiger partial charge in [-0.15, -0.1) is 11.3 Å². The van der Waals surface area contributed by atoms with Crippen LogP contribution in [0.25, 0.3) is 11.3 Å². The van der Waals surface area contributed by atoms with Crippen LogP contribution in [0.4, 0.5) is 15.2 Å². The summed E-state index contributed by atoms with van der Waals surface area (Å²) in [7, 11) is -3.48. The van der Waals surface area contributed by atoms with Gasteiger partial charge in [-0.1, -0.05) is 6.07 Å². The molecule has 0 aliphatic rings. The molecule has 0 bridgehead atoms. The first-order chi connectivity index (χ1) is 15.9. The molecule has 0 radical (unpaired) electrons. The van der Waals surface area contributed by atoms with E-state index in [2.05, 4.69) is 25.0 Å². The van der Waals surface area contributed by atoms with Crippen molar-refractivity contribution in [2.75, 3.05) is 15.8 Å². The maximum Gasteiger partial charge on any atom is 0.236 e. The number of carbonyl (C=O) groups excluding carboxylic acids is 1. The largest absolute Gasteiger partial charge is 0.474 e. The molecule has 0 saturated heterocycles. The fourth-order valence-electron chi connectivity index (χ4n) is 2.77. The zero-order chi connectivity index (χ0) is 25.1. The molecule has 0 unspecified atom stereocenters. The smallest absolute Gasteiger partial charge is 0.236 e. The standard InChI is InChI=1S/C22H26FN5O4S2/c1-6-34(30,31)28-21-27-18(12-33-21)22(4,5)20(29)26-16-8-7-14(9-15(16)23)17-10-24-11-19(25-17)32-13(2)3/h7-13H,6H2,1-5H3,(H,26,29)(H,27,28). The molecular formula is C22H26FN5O4S2. The van der Waals surface area contributed by atoms with Crippen molar-refractivity contribution in [1.82, 2.24) is 15.0 Å². The molecule has 12 heteroatoms. The molecule has 0 aliphatic carbocycles. The van der Waals surface area contributed by atoms with Gasteiger partial charge in [0.15, 0.2) is 5.13 Å². The lowest BCUT2D eigenvalue weighted by atomic mass is 9.89. The van der Waals surface area contributed by atoms with E-state index in [9.17, 15) is 17.6 Å². The Kier molecular flexibility index (Phi) is 7.51. The zero-order valence-electron chi connectivity index (χ0n) is 19.4. The van der Waals surface area contributed by atoms with Crippen molar-refractivity contribution in [3.05, 3.63) is 47.5 Å². The van der Waals surface area contributed by atoms with Crippen LogP contribution in [-0.2, 0) is 20.2 Å². The number of halogens is 1. The van der Waals surface area contributed by atoms with Gasteiger partial charge in [0.2, 0.25) is 21.8 Å². The number of anilines is 2. The van der Waals surface area contributed by atoms with Crippen LogP contribution in [0, 0.1) is 5.82 Å². The molecule has 0 spiro atoms. The molecular weight excluding hydrogens is 481 g/mol. The molecule has 9 nitrogen and oxygen atoms in total. The van der Waals surface area contributed by atoms with Gasteiger partial charge in [0.25, 0.3) is 0 Å². The Morgan fingerprint density at radius 1 is 1.24 bits per heavy atom. The Morgan fingerprint density at radius 3 is 2.62 bits per heavy atom. The normalized spacial score (nSPS) is 12.0. The number of nitrogens with zero attached hydrogens (tertiary/aromatic N) is 3. The molecule has 0 aliphatic heterocycles. The Labute approximate surface area is 201 Å². The summed E-state index contributed by atoms with van der Waals surface area (Å²) in [6.45, 7) is 8.48. The molecule has 3 aromatic rings. The average molecular weight is 508 g/mol. The fourth-order valence-corrected chi connectivity index (χ4v) is 4.52. The van der Waals surface area contributed by atoms with Crippen LogP contribution < -0.4 is 14.8 Å². The minimum Gasteiger partial charge on any atom is -0.474 e. The second-order valence-corrected chi connectivity index (χ2v) is 11.1. The van der Waals surface area contributed by atoms with Crippen LogP contribution in [0.2, 0.25) is 0 Å². The van der Waals surface area contributed by atoms with E-state index in [1.54, 1.807) is 25.3 Å². The number of hydrogen-bond acceptors (Lipinski definition) is 8.